The molecule has 1 aromatic carbocycles. The van der Waals surface area contributed by atoms with Gasteiger partial charge in [-0.3, -0.25) is 0 Å². The molecule has 0 radical (unpaired) electrons. The standard InChI is InChI=1S/C18H25NO3S/c1-13-2-4-16(5-3-13)23(21,22)19-12-17-7-14-6-15(8-17)10-18(20,9-14)11-17/h2-5,14-15,19-20H,6-12H2,1H3. The molecule has 2 unspecified atom stereocenters. The Balaban J connectivity index is 1.51. The summed E-state index contributed by atoms with van der Waals surface area (Å²) in [6, 6.07) is 6.96. The Bertz CT molecular complexity index is 696. The quantitative estimate of drug-likeness (QED) is 0.889. The molecule has 5 rings (SSSR count). The molecule has 4 aliphatic rings. The summed E-state index contributed by atoms with van der Waals surface area (Å²) >= 11 is 0. The van der Waals surface area contributed by atoms with Crippen LogP contribution in [-0.2, 0) is 10.0 Å². The summed E-state index contributed by atoms with van der Waals surface area (Å²) in [7, 11) is -3.47. The van der Waals surface area contributed by atoms with Crippen LogP contribution in [0.25, 0.3) is 0 Å². The van der Waals surface area contributed by atoms with Gasteiger partial charge in [-0.25, -0.2) is 13.1 Å². The van der Waals surface area contributed by atoms with E-state index in [-0.39, 0.29) is 5.41 Å². The second-order valence-corrected chi connectivity index (χ2v) is 10.1. The summed E-state index contributed by atoms with van der Waals surface area (Å²) in [5.74, 6) is 1.15. The van der Waals surface area contributed by atoms with Gasteiger partial charge in [-0.05, 0) is 74.8 Å². The second-order valence-electron chi connectivity index (χ2n) is 8.32. The Morgan fingerprint density at radius 1 is 1.13 bits per heavy atom. The molecule has 0 spiro atoms. The third kappa shape index (κ3) is 2.83. The molecular formula is C18H25NO3S. The van der Waals surface area contributed by atoms with E-state index in [1.165, 1.54) is 6.42 Å². The molecule has 4 aliphatic carbocycles. The Morgan fingerprint density at radius 3 is 2.30 bits per heavy atom. The Kier molecular flexibility index (Phi) is 3.42. The van der Waals surface area contributed by atoms with Gasteiger partial charge in [0.2, 0.25) is 10.0 Å². The van der Waals surface area contributed by atoms with E-state index in [0.717, 1.165) is 37.7 Å². The molecule has 23 heavy (non-hydrogen) atoms. The molecule has 0 saturated heterocycles. The van der Waals surface area contributed by atoms with Gasteiger partial charge >= 0.3 is 0 Å². The van der Waals surface area contributed by atoms with Crippen LogP contribution in [0.1, 0.15) is 44.1 Å². The summed E-state index contributed by atoms with van der Waals surface area (Å²) in [5, 5.41) is 10.8. The topological polar surface area (TPSA) is 66.4 Å². The number of aliphatic hydroxyl groups is 1. The molecule has 0 aliphatic heterocycles. The number of hydrogen-bond donors (Lipinski definition) is 2. The minimum atomic E-state index is -3.47. The molecule has 0 amide bonds. The van der Waals surface area contributed by atoms with Crippen LogP contribution in [0.15, 0.2) is 29.2 Å². The molecule has 2 atom stereocenters. The monoisotopic (exact) mass is 335 g/mol. The fraction of sp³-hybridized carbons (Fsp3) is 0.667. The fourth-order valence-corrected chi connectivity index (χ4v) is 6.81. The molecular weight excluding hydrogens is 310 g/mol. The minimum absolute atomic E-state index is 0.0450. The second kappa shape index (κ2) is 5.04. The highest BCUT2D eigenvalue weighted by molar-refractivity contribution is 7.89. The summed E-state index contributed by atoms with van der Waals surface area (Å²) < 4.78 is 27.9. The van der Waals surface area contributed by atoms with Crippen LogP contribution in [-0.4, -0.2) is 25.7 Å². The maximum atomic E-state index is 12.5. The smallest absolute Gasteiger partial charge is 0.240 e. The van der Waals surface area contributed by atoms with Gasteiger partial charge in [-0.1, -0.05) is 17.7 Å². The third-order valence-electron chi connectivity index (χ3n) is 6.12. The molecule has 4 bridgehead atoms. The van der Waals surface area contributed by atoms with E-state index in [2.05, 4.69) is 4.72 Å². The van der Waals surface area contributed by atoms with E-state index in [4.69, 9.17) is 0 Å². The van der Waals surface area contributed by atoms with Gasteiger partial charge in [0.1, 0.15) is 0 Å². The van der Waals surface area contributed by atoms with Gasteiger partial charge in [0, 0.05) is 6.54 Å². The van der Waals surface area contributed by atoms with E-state index in [1.54, 1.807) is 12.1 Å². The zero-order chi connectivity index (χ0) is 16.3. The van der Waals surface area contributed by atoms with Gasteiger partial charge in [0.25, 0.3) is 0 Å². The van der Waals surface area contributed by atoms with Crippen molar-refractivity contribution >= 4 is 10.0 Å². The van der Waals surface area contributed by atoms with Crippen molar-refractivity contribution < 1.29 is 13.5 Å². The summed E-state index contributed by atoms with van der Waals surface area (Å²) in [6.07, 6.45) is 5.91. The van der Waals surface area contributed by atoms with Crippen LogP contribution in [0.2, 0.25) is 0 Å². The number of rotatable bonds is 4. The molecule has 4 saturated carbocycles. The van der Waals surface area contributed by atoms with Crippen molar-refractivity contribution in [2.45, 2.75) is 55.9 Å². The summed E-state index contributed by atoms with van der Waals surface area (Å²) in [4.78, 5) is 0.326. The van der Waals surface area contributed by atoms with Crippen LogP contribution in [0.4, 0.5) is 0 Å². The SMILES string of the molecule is Cc1ccc(S(=O)(=O)NCC23CC4CC(CC(O)(C4)C2)C3)cc1. The number of sulfonamides is 1. The van der Waals surface area contributed by atoms with Crippen molar-refractivity contribution in [1.82, 2.24) is 4.72 Å². The average molecular weight is 335 g/mol. The number of benzene rings is 1. The molecule has 4 fully saturated rings. The zero-order valence-electron chi connectivity index (χ0n) is 13.6. The highest BCUT2D eigenvalue weighted by Crippen LogP contribution is 2.61. The lowest BCUT2D eigenvalue weighted by atomic mass is 9.48. The number of nitrogens with one attached hydrogen (secondary N) is 1. The lowest BCUT2D eigenvalue weighted by Gasteiger charge is -2.60. The van der Waals surface area contributed by atoms with Crippen molar-refractivity contribution in [3.8, 4) is 0 Å². The minimum Gasteiger partial charge on any atom is -0.390 e. The molecule has 1 aromatic rings. The highest BCUT2D eigenvalue weighted by Gasteiger charge is 2.57. The van der Waals surface area contributed by atoms with Crippen LogP contribution < -0.4 is 4.72 Å². The maximum Gasteiger partial charge on any atom is 0.240 e. The van der Waals surface area contributed by atoms with Gasteiger partial charge in [0.05, 0.1) is 10.5 Å². The Labute approximate surface area is 138 Å². The highest BCUT2D eigenvalue weighted by atomic mass is 32.2. The summed E-state index contributed by atoms with van der Waals surface area (Å²) in [6.45, 7) is 2.40. The fourth-order valence-electron chi connectivity index (χ4n) is 5.66. The average Bonchev–Trinajstić information content (AvgIpc) is 2.43. The molecule has 126 valence electrons. The van der Waals surface area contributed by atoms with Crippen LogP contribution in [0, 0.1) is 24.2 Å². The third-order valence-corrected chi connectivity index (χ3v) is 7.54. The first-order chi connectivity index (χ1) is 10.8. The summed E-state index contributed by atoms with van der Waals surface area (Å²) in [5.41, 5.74) is 0.461. The molecule has 0 heterocycles. The zero-order valence-corrected chi connectivity index (χ0v) is 14.4. The van der Waals surface area contributed by atoms with E-state index in [0.29, 0.717) is 23.3 Å². The first kappa shape index (κ1) is 15.6. The van der Waals surface area contributed by atoms with Crippen molar-refractivity contribution in [2.24, 2.45) is 17.3 Å². The van der Waals surface area contributed by atoms with E-state index in [1.807, 2.05) is 19.1 Å². The largest absolute Gasteiger partial charge is 0.390 e. The van der Waals surface area contributed by atoms with Crippen molar-refractivity contribution in [2.75, 3.05) is 6.54 Å². The van der Waals surface area contributed by atoms with Crippen molar-refractivity contribution in [1.29, 1.82) is 0 Å². The first-order valence-corrected chi connectivity index (χ1v) is 10.0. The van der Waals surface area contributed by atoms with Gasteiger partial charge < -0.3 is 5.11 Å². The molecule has 4 nitrogen and oxygen atoms in total. The normalized spacial score (nSPS) is 38.9. The van der Waals surface area contributed by atoms with Crippen LogP contribution in [0.5, 0.6) is 0 Å². The van der Waals surface area contributed by atoms with Gasteiger partial charge in [0.15, 0.2) is 0 Å². The molecule has 0 aromatic heterocycles. The Morgan fingerprint density at radius 2 is 1.74 bits per heavy atom. The van der Waals surface area contributed by atoms with Crippen LogP contribution >= 0.6 is 0 Å². The lowest BCUT2D eigenvalue weighted by Crippen LogP contribution is -2.58. The Hall–Kier alpha value is -0.910. The van der Waals surface area contributed by atoms with Crippen molar-refractivity contribution in [3.05, 3.63) is 29.8 Å². The van der Waals surface area contributed by atoms with Gasteiger partial charge in [-0.2, -0.15) is 0 Å². The number of aryl methyl sites for hydroxylation is 1. The lowest BCUT2D eigenvalue weighted by molar-refractivity contribution is -0.161. The van der Waals surface area contributed by atoms with Gasteiger partial charge in [-0.15, -0.1) is 0 Å². The molecule has 2 N–H and O–H groups in total. The maximum absolute atomic E-state index is 12.5. The van der Waals surface area contributed by atoms with Crippen LogP contribution in [0.3, 0.4) is 0 Å². The molecule has 5 heteroatoms. The van der Waals surface area contributed by atoms with E-state index >= 15 is 0 Å². The number of hydrogen-bond acceptors (Lipinski definition) is 3. The van der Waals surface area contributed by atoms with Crippen molar-refractivity contribution in [3.63, 3.8) is 0 Å². The van der Waals surface area contributed by atoms with E-state index in [9.17, 15) is 13.5 Å². The predicted octanol–water partition coefficient (Wildman–Crippen LogP) is 2.60. The van der Waals surface area contributed by atoms with E-state index < -0.39 is 15.6 Å². The first-order valence-electron chi connectivity index (χ1n) is 8.56. The predicted molar refractivity (Wildman–Crippen MR) is 88.4 cm³/mol.